The smallest absolute Gasteiger partial charge is 0.237 e. The van der Waals surface area contributed by atoms with Crippen molar-refractivity contribution in [1.29, 1.82) is 0 Å². The van der Waals surface area contributed by atoms with E-state index in [4.69, 9.17) is 5.73 Å². The lowest BCUT2D eigenvalue weighted by Gasteiger charge is -2.08. The van der Waals surface area contributed by atoms with Gasteiger partial charge in [-0.2, -0.15) is 5.10 Å². The van der Waals surface area contributed by atoms with Crippen LogP contribution in [-0.4, -0.2) is 18.6 Å². The number of hydrogen-bond donors (Lipinski definition) is 3. The summed E-state index contributed by atoms with van der Waals surface area (Å²) in [6.45, 7) is 3.51. The third-order valence-corrected chi connectivity index (χ3v) is 3.95. The highest BCUT2D eigenvalue weighted by Gasteiger charge is 2.16. The number of nitrogen functional groups attached to an aromatic ring is 1. The van der Waals surface area contributed by atoms with Gasteiger partial charge in [0.25, 0.3) is 0 Å². The SMILES string of the molecule is Cc1n[nH]c(C)c1NS(=O)(=O)Cc1ccc(N)cc1. The Bertz CT molecular complexity index is 655. The molecule has 1 heterocycles. The van der Waals surface area contributed by atoms with E-state index in [0.29, 0.717) is 28.3 Å². The average molecular weight is 280 g/mol. The lowest BCUT2D eigenvalue weighted by molar-refractivity contribution is 0.600. The van der Waals surface area contributed by atoms with Crippen LogP contribution in [0.2, 0.25) is 0 Å². The third-order valence-electron chi connectivity index (χ3n) is 2.72. The van der Waals surface area contributed by atoms with Gasteiger partial charge in [-0.15, -0.1) is 0 Å². The monoisotopic (exact) mass is 280 g/mol. The predicted octanol–water partition coefficient (Wildman–Crippen LogP) is 1.55. The van der Waals surface area contributed by atoms with Crippen molar-refractivity contribution in [1.82, 2.24) is 10.2 Å². The summed E-state index contributed by atoms with van der Waals surface area (Å²) in [5.74, 6) is -0.0999. The highest BCUT2D eigenvalue weighted by molar-refractivity contribution is 7.91. The van der Waals surface area contributed by atoms with Gasteiger partial charge in [0.2, 0.25) is 10.0 Å². The molecule has 0 amide bonds. The Morgan fingerprint density at radius 3 is 2.42 bits per heavy atom. The number of nitrogens with one attached hydrogen (secondary N) is 2. The molecule has 1 aromatic heterocycles. The summed E-state index contributed by atoms with van der Waals surface area (Å²) < 4.78 is 26.7. The highest BCUT2D eigenvalue weighted by atomic mass is 32.2. The van der Waals surface area contributed by atoms with Crippen LogP contribution in [0.25, 0.3) is 0 Å². The minimum atomic E-state index is -3.47. The van der Waals surface area contributed by atoms with Crippen molar-refractivity contribution in [2.75, 3.05) is 10.5 Å². The lowest BCUT2D eigenvalue weighted by Crippen LogP contribution is -2.16. The molecule has 0 unspecified atom stereocenters. The number of H-pyrrole nitrogens is 1. The zero-order valence-corrected chi connectivity index (χ0v) is 11.6. The Balaban J connectivity index is 2.17. The van der Waals surface area contributed by atoms with E-state index in [1.54, 1.807) is 38.1 Å². The fourth-order valence-electron chi connectivity index (χ4n) is 1.73. The second-order valence-electron chi connectivity index (χ2n) is 4.41. The molecule has 0 radical (unpaired) electrons. The van der Waals surface area contributed by atoms with Crippen LogP contribution in [0.3, 0.4) is 0 Å². The third kappa shape index (κ3) is 3.25. The predicted molar refractivity (Wildman–Crippen MR) is 75.2 cm³/mol. The maximum Gasteiger partial charge on any atom is 0.237 e. The van der Waals surface area contributed by atoms with Gasteiger partial charge >= 0.3 is 0 Å². The van der Waals surface area contributed by atoms with Crippen LogP contribution >= 0.6 is 0 Å². The van der Waals surface area contributed by atoms with E-state index in [1.165, 1.54) is 0 Å². The quantitative estimate of drug-likeness (QED) is 0.739. The Kier molecular flexibility index (Phi) is 3.48. The van der Waals surface area contributed by atoms with Gasteiger partial charge in [0.1, 0.15) is 0 Å². The van der Waals surface area contributed by atoms with Gasteiger partial charge < -0.3 is 5.73 Å². The number of rotatable bonds is 4. The first-order valence-corrected chi connectivity index (χ1v) is 7.39. The van der Waals surface area contributed by atoms with E-state index in [-0.39, 0.29) is 5.75 Å². The van der Waals surface area contributed by atoms with Crippen LogP contribution in [0, 0.1) is 13.8 Å². The van der Waals surface area contributed by atoms with E-state index in [1.807, 2.05) is 0 Å². The van der Waals surface area contributed by atoms with Crippen LogP contribution in [0.15, 0.2) is 24.3 Å². The molecule has 0 aliphatic heterocycles. The van der Waals surface area contributed by atoms with E-state index in [0.717, 1.165) is 0 Å². The molecule has 0 saturated heterocycles. The number of aryl methyl sites for hydroxylation is 2. The summed E-state index contributed by atoms with van der Waals surface area (Å²) in [6.07, 6.45) is 0. The highest BCUT2D eigenvalue weighted by Crippen LogP contribution is 2.19. The number of nitrogens with zero attached hydrogens (tertiary/aromatic N) is 1. The van der Waals surface area contributed by atoms with Crippen LogP contribution in [0.1, 0.15) is 17.0 Å². The largest absolute Gasteiger partial charge is 0.399 e. The second-order valence-corrected chi connectivity index (χ2v) is 6.13. The van der Waals surface area contributed by atoms with Gasteiger partial charge in [0.05, 0.1) is 22.8 Å². The molecule has 0 fully saturated rings. The maximum absolute atomic E-state index is 12.1. The molecular formula is C12H16N4O2S. The molecule has 6 nitrogen and oxygen atoms in total. The minimum Gasteiger partial charge on any atom is -0.399 e. The zero-order chi connectivity index (χ0) is 14.0. The van der Waals surface area contributed by atoms with E-state index in [9.17, 15) is 8.42 Å². The summed E-state index contributed by atoms with van der Waals surface area (Å²) in [5, 5.41) is 6.69. The number of hydrogen-bond acceptors (Lipinski definition) is 4. The fraction of sp³-hybridized carbons (Fsp3) is 0.250. The number of benzene rings is 1. The van der Waals surface area contributed by atoms with Gasteiger partial charge in [0.15, 0.2) is 0 Å². The molecule has 0 aliphatic carbocycles. The number of sulfonamides is 1. The van der Waals surface area contributed by atoms with Crippen LogP contribution in [-0.2, 0) is 15.8 Å². The van der Waals surface area contributed by atoms with Gasteiger partial charge in [-0.25, -0.2) is 8.42 Å². The first-order valence-electron chi connectivity index (χ1n) is 5.74. The Morgan fingerprint density at radius 2 is 1.89 bits per heavy atom. The van der Waals surface area contributed by atoms with Crippen molar-refractivity contribution in [3.05, 3.63) is 41.2 Å². The van der Waals surface area contributed by atoms with Crippen LogP contribution in [0.4, 0.5) is 11.4 Å². The summed E-state index contributed by atoms with van der Waals surface area (Å²) in [7, 11) is -3.47. The Hall–Kier alpha value is -2.02. The van der Waals surface area contributed by atoms with Crippen molar-refractivity contribution in [3.8, 4) is 0 Å². The molecule has 102 valence electrons. The topological polar surface area (TPSA) is 101 Å². The molecule has 0 atom stereocenters. The molecule has 1 aromatic carbocycles. The molecule has 0 bridgehead atoms. The van der Waals surface area contributed by atoms with Gasteiger partial charge in [-0.05, 0) is 31.5 Å². The first kappa shape index (κ1) is 13.4. The molecular weight excluding hydrogens is 264 g/mol. The van der Waals surface area contributed by atoms with Gasteiger partial charge in [-0.3, -0.25) is 9.82 Å². The summed E-state index contributed by atoms with van der Waals surface area (Å²) in [6, 6.07) is 6.76. The molecule has 2 rings (SSSR count). The van der Waals surface area contributed by atoms with Gasteiger partial charge in [0, 0.05) is 5.69 Å². The fourth-order valence-corrected chi connectivity index (χ4v) is 3.04. The standard InChI is InChI=1S/C12H16N4O2S/c1-8-12(9(2)15-14-8)16-19(17,18)7-10-3-5-11(13)6-4-10/h3-6,16H,7,13H2,1-2H3,(H,14,15). The Morgan fingerprint density at radius 1 is 1.26 bits per heavy atom. The Labute approximate surface area is 112 Å². The zero-order valence-electron chi connectivity index (χ0n) is 10.8. The number of aromatic amines is 1. The second kappa shape index (κ2) is 4.93. The molecule has 4 N–H and O–H groups in total. The average Bonchev–Trinajstić information content (AvgIpc) is 2.63. The summed E-state index contributed by atoms with van der Waals surface area (Å²) in [5.41, 5.74) is 8.68. The maximum atomic E-state index is 12.1. The van der Waals surface area contributed by atoms with Crippen molar-refractivity contribution >= 4 is 21.4 Å². The normalized spacial score (nSPS) is 11.5. The first-order chi connectivity index (χ1) is 8.87. The lowest BCUT2D eigenvalue weighted by atomic mass is 10.2. The molecule has 0 aliphatic rings. The van der Waals surface area contributed by atoms with Crippen molar-refractivity contribution in [2.24, 2.45) is 0 Å². The molecule has 7 heteroatoms. The number of anilines is 2. The summed E-state index contributed by atoms with van der Waals surface area (Å²) in [4.78, 5) is 0. The minimum absolute atomic E-state index is 0.0999. The molecule has 19 heavy (non-hydrogen) atoms. The molecule has 2 aromatic rings. The van der Waals surface area contributed by atoms with Crippen molar-refractivity contribution < 1.29 is 8.42 Å². The number of aromatic nitrogens is 2. The van der Waals surface area contributed by atoms with Crippen molar-refractivity contribution in [3.63, 3.8) is 0 Å². The van der Waals surface area contributed by atoms with Crippen molar-refractivity contribution in [2.45, 2.75) is 19.6 Å². The van der Waals surface area contributed by atoms with Crippen LogP contribution < -0.4 is 10.5 Å². The number of nitrogens with two attached hydrogens (primary N) is 1. The summed E-state index contributed by atoms with van der Waals surface area (Å²) >= 11 is 0. The molecule has 0 saturated carbocycles. The van der Waals surface area contributed by atoms with Crippen LogP contribution in [0.5, 0.6) is 0 Å². The van der Waals surface area contributed by atoms with E-state index in [2.05, 4.69) is 14.9 Å². The van der Waals surface area contributed by atoms with Gasteiger partial charge in [-0.1, -0.05) is 12.1 Å². The van der Waals surface area contributed by atoms with E-state index >= 15 is 0 Å². The van der Waals surface area contributed by atoms with E-state index < -0.39 is 10.0 Å². The molecule has 0 spiro atoms.